The maximum absolute atomic E-state index is 9.68. The zero-order chi connectivity index (χ0) is 12.3. The average molecular weight is 235 g/mol. The van der Waals surface area contributed by atoms with Crippen molar-refractivity contribution in [2.24, 2.45) is 0 Å². The van der Waals surface area contributed by atoms with E-state index >= 15 is 0 Å². The molecule has 2 N–H and O–H groups in total. The van der Waals surface area contributed by atoms with Crippen LogP contribution in [0.4, 0.5) is 0 Å². The number of aliphatic hydroxyl groups excluding tert-OH is 1. The van der Waals surface area contributed by atoms with Crippen molar-refractivity contribution >= 4 is 0 Å². The van der Waals surface area contributed by atoms with E-state index in [1.54, 1.807) is 0 Å². The SMILES string of the molecule is CCc1ccc(C(C)NC2COCC2O)cc1. The normalized spacial score (nSPS) is 26.1. The first-order valence-corrected chi connectivity index (χ1v) is 6.31. The van der Waals surface area contributed by atoms with Crippen LogP contribution in [-0.4, -0.2) is 30.5 Å². The number of rotatable bonds is 4. The molecule has 1 heterocycles. The fourth-order valence-corrected chi connectivity index (χ4v) is 2.16. The van der Waals surface area contributed by atoms with E-state index < -0.39 is 0 Å². The molecule has 3 unspecified atom stereocenters. The molecule has 2 rings (SSSR count). The fourth-order valence-electron chi connectivity index (χ4n) is 2.16. The molecule has 17 heavy (non-hydrogen) atoms. The molecule has 1 fully saturated rings. The van der Waals surface area contributed by atoms with E-state index in [-0.39, 0.29) is 18.2 Å². The Bertz CT molecular complexity index is 350. The van der Waals surface area contributed by atoms with Crippen molar-refractivity contribution in [3.05, 3.63) is 35.4 Å². The summed E-state index contributed by atoms with van der Waals surface area (Å²) >= 11 is 0. The lowest BCUT2D eigenvalue weighted by Gasteiger charge is -2.21. The van der Waals surface area contributed by atoms with Crippen LogP contribution in [0.3, 0.4) is 0 Å². The smallest absolute Gasteiger partial charge is 0.0948 e. The van der Waals surface area contributed by atoms with E-state index in [4.69, 9.17) is 4.74 Å². The van der Waals surface area contributed by atoms with E-state index in [0.717, 1.165) is 6.42 Å². The van der Waals surface area contributed by atoms with Crippen molar-refractivity contribution in [2.75, 3.05) is 13.2 Å². The summed E-state index contributed by atoms with van der Waals surface area (Å²) in [6.07, 6.45) is 0.685. The van der Waals surface area contributed by atoms with Gasteiger partial charge in [-0.2, -0.15) is 0 Å². The number of aliphatic hydroxyl groups is 1. The Kier molecular flexibility index (Phi) is 4.15. The zero-order valence-electron chi connectivity index (χ0n) is 10.5. The molecule has 1 aliphatic heterocycles. The molecular weight excluding hydrogens is 214 g/mol. The molecular formula is C14H21NO2. The molecule has 3 nitrogen and oxygen atoms in total. The molecule has 94 valence electrons. The predicted octanol–water partition coefficient (Wildman–Crippen LogP) is 1.66. The summed E-state index contributed by atoms with van der Waals surface area (Å²) in [6, 6.07) is 8.92. The highest BCUT2D eigenvalue weighted by Gasteiger charge is 2.27. The minimum absolute atomic E-state index is 0.0517. The van der Waals surface area contributed by atoms with Gasteiger partial charge in [0.25, 0.3) is 0 Å². The van der Waals surface area contributed by atoms with Gasteiger partial charge in [0.1, 0.15) is 0 Å². The molecule has 0 spiro atoms. The van der Waals surface area contributed by atoms with Crippen molar-refractivity contribution < 1.29 is 9.84 Å². The molecule has 1 aliphatic rings. The second-order valence-electron chi connectivity index (χ2n) is 4.69. The van der Waals surface area contributed by atoms with Crippen molar-refractivity contribution in [1.82, 2.24) is 5.32 Å². The quantitative estimate of drug-likeness (QED) is 0.834. The second-order valence-corrected chi connectivity index (χ2v) is 4.69. The lowest BCUT2D eigenvalue weighted by Crippen LogP contribution is -2.40. The van der Waals surface area contributed by atoms with Gasteiger partial charge < -0.3 is 15.2 Å². The van der Waals surface area contributed by atoms with Gasteiger partial charge in [-0.05, 0) is 24.5 Å². The molecule has 0 aliphatic carbocycles. The van der Waals surface area contributed by atoms with Crippen molar-refractivity contribution in [3.63, 3.8) is 0 Å². The van der Waals surface area contributed by atoms with E-state index in [0.29, 0.717) is 13.2 Å². The first-order chi connectivity index (χ1) is 8.20. The third-order valence-electron chi connectivity index (χ3n) is 3.40. The lowest BCUT2D eigenvalue weighted by atomic mass is 10.0. The first-order valence-electron chi connectivity index (χ1n) is 6.31. The van der Waals surface area contributed by atoms with Gasteiger partial charge in [-0.3, -0.25) is 0 Å². The Balaban J connectivity index is 1.96. The van der Waals surface area contributed by atoms with Gasteiger partial charge >= 0.3 is 0 Å². The lowest BCUT2D eigenvalue weighted by molar-refractivity contribution is 0.121. The Morgan fingerprint density at radius 2 is 2.06 bits per heavy atom. The van der Waals surface area contributed by atoms with Crippen LogP contribution in [0.15, 0.2) is 24.3 Å². The summed E-state index contributed by atoms with van der Waals surface area (Å²) in [4.78, 5) is 0. The number of hydrogen-bond acceptors (Lipinski definition) is 3. The Morgan fingerprint density at radius 3 is 2.59 bits per heavy atom. The van der Waals surface area contributed by atoms with Gasteiger partial charge in [0.15, 0.2) is 0 Å². The molecule has 0 bridgehead atoms. The summed E-state index contributed by atoms with van der Waals surface area (Å²) in [5.41, 5.74) is 2.60. The van der Waals surface area contributed by atoms with Crippen LogP contribution in [0.2, 0.25) is 0 Å². The minimum Gasteiger partial charge on any atom is -0.389 e. The van der Waals surface area contributed by atoms with Gasteiger partial charge in [-0.1, -0.05) is 31.2 Å². The third kappa shape index (κ3) is 3.06. The third-order valence-corrected chi connectivity index (χ3v) is 3.40. The van der Waals surface area contributed by atoms with Crippen LogP contribution in [0.25, 0.3) is 0 Å². The highest BCUT2D eigenvalue weighted by molar-refractivity contribution is 5.24. The van der Waals surface area contributed by atoms with Gasteiger partial charge in [0.05, 0.1) is 25.4 Å². The number of aryl methyl sites for hydroxylation is 1. The Hall–Kier alpha value is -0.900. The maximum Gasteiger partial charge on any atom is 0.0948 e. The van der Waals surface area contributed by atoms with Gasteiger partial charge in [-0.15, -0.1) is 0 Å². The van der Waals surface area contributed by atoms with Crippen LogP contribution >= 0.6 is 0 Å². The number of ether oxygens (including phenoxy) is 1. The van der Waals surface area contributed by atoms with Crippen LogP contribution in [0.1, 0.15) is 31.0 Å². The van der Waals surface area contributed by atoms with Crippen LogP contribution in [-0.2, 0) is 11.2 Å². The fraction of sp³-hybridized carbons (Fsp3) is 0.571. The number of benzene rings is 1. The van der Waals surface area contributed by atoms with Crippen molar-refractivity contribution in [3.8, 4) is 0 Å². The summed E-state index contributed by atoms with van der Waals surface area (Å²) < 4.78 is 5.23. The van der Waals surface area contributed by atoms with Gasteiger partial charge in [0.2, 0.25) is 0 Å². The van der Waals surface area contributed by atoms with E-state index in [2.05, 4.69) is 43.4 Å². The van der Waals surface area contributed by atoms with E-state index in [1.807, 2.05) is 0 Å². The summed E-state index contributed by atoms with van der Waals surface area (Å²) in [5, 5.41) is 13.1. The highest BCUT2D eigenvalue weighted by Crippen LogP contribution is 2.16. The monoisotopic (exact) mass is 235 g/mol. The topological polar surface area (TPSA) is 41.5 Å². The van der Waals surface area contributed by atoms with Crippen LogP contribution in [0.5, 0.6) is 0 Å². The van der Waals surface area contributed by atoms with Gasteiger partial charge in [-0.25, -0.2) is 0 Å². The van der Waals surface area contributed by atoms with E-state index in [1.165, 1.54) is 11.1 Å². The average Bonchev–Trinajstić information content (AvgIpc) is 2.75. The highest BCUT2D eigenvalue weighted by atomic mass is 16.5. The van der Waals surface area contributed by atoms with Crippen LogP contribution in [0, 0.1) is 0 Å². The minimum atomic E-state index is -0.382. The van der Waals surface area contributed by atoms with Crippen molar-refractivity contribution in [1.29, 1.82) is 0 Å². The standard InChI is InChI=1S/C14H21NO2/c1-3-11-4-6-12(7-5-11)10(2)15-13-8-17-9-14(13)16/h4-7,10,13-16H,3,8-9H2,1-2H3. The molecule has 0 saturated carbocycles. The maximum atomic E-state index is 9.68. The summed E-state index contributed by atoms with van der Waals surface area (Å²) in [7, 11) is 0. The number of hydrogen-bond donors (Lipinski definition) is 2. The largest absolute Gasteiger partial charge is 0.389 e. The number of nitrogens with one attached hydrogen (secondary N) is 1. The van der Waals surface area contributed by atoms with Gasteiger partial charge in [0, 0.05) is 6.04 Å². The molecule has 1 aromatic rings. The first kappa shape index (κ1) is 12.6. The molecule has 3 atom stereocenters. The van der Waals surface area contributed by atoms with Crippen molar-refractivity contribution in [2.45, 2.75) is 38.5 Å². The molecule has 3 heteroatoms. The Morgan fingerprint density at radius 1 is 1.35 bits per heavy atom. The molecule has 0 amide bonds. The van der Waals surface area contributed by atoms with E-state index in [9.17, 15) is 5.11 Å². The molecule has 0 radical (unpaired) electrons. The second kappa shape index (κ2) is 5.63. The van der Waals surface area contributed by atoms with Crippen LogP contribution < -0.4 is 5.32 Å². The molecule has 1 aromatic carbocycles. The molecule has 0 aromatic heterocycles. The molecule has 1 saturated heterocycles. The Labute approximate surface area is 103 Å². The predicted molar refractivity (Wildman–Crippen MR) is 68.0 cm³/mol. The summed E-state index contributed by atoms with van der Waals surface area (Å²) in [6.45, 7) is 5.31. The zero-order valence-corrected chi connectivity index (χ0v) is 10.5. The summed E-state index contributed by atoms with van der Waals surface area (Å²) in [5.74, 6) is 0.